The molecule has 184 valence electrons. The van der Waals surface area contributed by atoms with Crippen molar-refractivity contribution in [3.8, 4) is 28.3 Å². The Kier molecular flexibility index (Phi) is 7.12. The first-order chi connectivity index (χ1) is 17.7. The molecule has 1 saturated heterocycles. The van der Waals surface area contributed by atoms with Gasteiger partial charge in [0.25, 0.3) is 0 Å². The second kappa shape index (κ2) is 10.8. The number of piperidine rings is 1. The zero-order valence-corrected chi connectivity index (χ0v) is 20.8. The first kappa shape index (κ1) is 23.8. The summed E-state index contributed by atoms with van der Waals surface area (Å²) in [6.07, 6.45) is 1.53. The zero-order chi connectivity index (χ0) is 24.9. The van der Waals surface area contributed by atoms with E-state index in [2.05, 4.69) is 41.3 Å². The molecule has 36 heavy (non-hydrogen) atoms. The molecule has 3 aromatic carbocycles. The molecule has 1 fully saturated rings. The van der Waals surface area contributed by atoms with Crippen LogP contribution in [0.25, 0.3) is 33.4 Å². The average Bonchev–Trinajstić information content (AvgIpc) is 2.93. The third-order valence-electron chi connectivity index (χ3n) is 6.64. The molecule has 0 aliphatic carbocycles. The summed E-state index contributed by atoms with van der Waals surface area (Å²) in [5.74, 6) is 2.37. The number of ether oxygens (including phenoxy) is 2. The van der Waals surface area contributed by atoms with Gasteiger partial charge in [-0.3, -0.25) is 4.79 Å². The minimum atomic E-state index is -0.0867. The Hall–Kier alpha value is -3.93. The van der Waals surface area contributed by atoms with Crippen molar-refractivity contribution in [3.63, 3.8) is 0 Å². The van der Waals surface area contributed by atoms with E-state index in [1.807, 2.05) is 50.2 Å². The van der Waals surface area contributed by atoms with Gasteiger partial charge in [0, 0.05) is 29.6 Å². The van der Waals surface area contributed by atoms with E-state index in [0.29, 0.717) is 19.0 Å². The highest BCUT2D eigenvalue weighted by Crippen LogP contribution is 2.33. The van der Waals surface area contributed by atoms with Crippen molar-refractivity contribution in [2.75, 3.05) is 31.2 Å². The molecular weight excluding hydrogens is 450 g/mol. The first-order valence-electron chi connectivity index (χ1n) is 12.7. The number of benzene rings is 3. The molecule has 0 spiro atoms. The van der Waals surface area contributed by atoms with Crippen LogP contribution < -0.4 is 9.64 Å². The fraction of sp³-hybridized carbons (Fsp3) is 0.300. The molecular formula is C30H31N3O3. The van der Waals surface area contributed by atoms with Crippen molar-refractivity contribution in [2.45, 2.75) is 26.7 Å². The lowest BCUT2D eigenvalue weighted by Gasteiger charge is -2.32. The van der Waals surface area contributed by atoms with E-state index in [-0.39, 0.29) is 11.9 Å². The molecule has 0 radical (unpaired) electrons. The van der Waals surface area contributed by atoms with Crippen LogP contribution in [0.15, 0.2) is 72.8 Å². The molecule has 5 rings (SSSR count). The number of para-hydroxylation sites is 2. The first-order valence-corrected chi connectivity index (χ1v) is 12.7. The Morgan fingerprint density at radius 2 is 1.56 bits per heavy atom. The van der Waals surface area contributed by atoms with Gasteiger partial charge < -0.3 is 14.4 Å². The summed E-state index contributed by atoms with van der Waals surface area (Å²) in [4.78, 5) is 24.4. The molecule has 1 aliphatic heterocycles. The number of aromatic nitrogens is 2. The van der Waals surface area contributed by atoms with E-state index < -0.39 is 0 Å². The Morgan fingerprint density at radius 3 is 2.31 bits per heavy atom. The average molecular weight is 482 g/mol. The van der Waals surface area contributed by atoms with Crippen LogP contribution in [0.4, 0.5) is 5.82 Å². The van der Waals surface area contributed by atoms with Gasteiger partial charge in [-0.15, -0.1) is 0 Å². The zero-order valence-electron chi connectivity index (χ0n) is 20.8. The Morgan fingerprint density at radius 1 is 0.861 bits per heavy atom. The van der Waals surface area contributed by atoms with Crippen LogP contribution in [-0.4, -0.2) is 42.2 Å². The third kappa shape index (κ3) is 4.89. The van der Waals surface area contributed by atoms with Crippen LogP contribution in [0.5, 0.6) is 5.75 Å². The minimum absolute atomic E-state index is 0.0409. The third-order valence-corrected chi connectivity index (χ3v) is 6.64. The van der Waals surface area contributed by atoms with E-state index in [1.54, 1.807) is 0 Å². The lowest BCUT2D eigenvalue weighted by atomic mass is 9.96. The van der Waals surface area contributed by atoms with Crippen molar-refractivity contribution in [1.29, 1.82) is 0 Å². The van der Waals surface area contributed by atoms with Gasteiger partial charge >= 0.3 is 5.97 Å². The van der Waals surface area contributed by atoms with E-state index in [4.69, 9.17) is 19.4 Å². The lowest BCUT2D eigenvalue weighted by Crippen LogP contribution is -2.37. The maximum atomic E-state index is 12.2. The Balaban J connectivity index is 1.45. The van der Waals surface area contributed by atoms with Gasteiger partial charge in [0.15, 0.2) is 5.82 Å². The van der Waals surface area contributed by atoms with Gasteiger partial charge in [0.2, 0.25) is 0 Å². The summed E-state index contributed by atoms with van der Waals surface area (Å²) in [6.45, 7) is 6.42. The molecule has 4 aromatic rings. The van der Waals surface area contributed by atoms with E-state index >= 15 is 0 Å². The minimum Gasteiger partial charge on any atom is -0.493 e. The van der Waals surface area contributed by atoms with Crippen LogP contribution in [0.1, 0.15) is 26.7 Å². The lowest BCUT2D eigenvalue weighted by molar-refractivity contribution is -0.148. The molecule has 0 atom stereocenters. The fourth-order valence-electron chi connectivity index (χ4n) is 4.80. The molecule has 1 aromatic heterocycles. The summed E-state index contributed by atoms with van der Waals surface area (Å²) < 4.78 is 11.1. The molecule has 6 heteroatoms. The number of fused-ring (bicyclic) bond motifs is 1. The van der Waals surface area contributed by atoms with Crippen molar-refractivity contribution < 1.29 is 14.3 Å². The van der Waals surface area contributed by atoms with Gasteiger partial charge in [-0.25, -0.2) is 9.97 Å². The topological polar surface area (TPSA) is 64.5 Å². The second-order valence-electron chi connectivity index (χ2n) is 8.91. The maximum absolute atomic E-state index is 12.2. The van der Waals surface area contributed by atoms with Crippen LogP contribution >= 0.6 is 0 Å². The summed E-state index contributed by atoms with van der Waals surface area (Å²) in [5.41, 5.74) is 4.03. The standard InChI is InChI=1S/C30H31N3O3/c1-3-35-27-12-8-6-9-24(27)21-13-15-22(16-14-21)28-31-26-11-7-5-10-25(26)29(32-28)33-19-17-23(18-20-33)30(34)36-4-2/h5-16,23H,3-4,17-20H2,1-2H3. The summed E-state index contributed by atoms with van der Waals surface area (Å²) in [6, 6.07) is 24.5. The van der Waals surface area contributed by atoms with Crippen LogP contribution in [0, 0.1) is 5.92 Å². The van der Waals surface area contributed by atoms with E-state index in [1.165, 1.54) is 0 Å². The molecule has 6 nitrogen and oxygen atoms in total. The number of anilines is 1. The number of esters is 1. The van der Waals surface area contributed by atoms with Crippen molar-refractivity contribution in [1.82, 2.24) is 9.97 Å². The van der Waals surface area contributed by atoms with Crippen molar-refractivity contribution >= 4 is 22.7 Å². The van der Waals surface area contributed by atoms with Gasteiger partial charge in [0.05, 0.1) is 24.6 Å². The number of carbonyl (C=O) groups is 1. The molecule has 0 unspecified atom stereocenters. The quantitative estimate of drug-likeness (QED) is 0.295. The predicted octanol–water partition coefficient (Wildman–Crippen LogP) is 6.14. The van der Waals surface area contributed by atoms with Crippen molar-refractivity contribution in [2.24, 2.45) is 5.92 Å². The van der Waals surface area contributed by atoms with Crippen LogP contribution in [-0.2, 0) is 9.53 Å². The highest BCUT2D eigenvalue weighted by atomic mass is 16.5. The van der Waals surface area contributed by atoms with E-state index in [9.17, 15) is 4.79 Å². The molecule has 0 N–H and O–H groups in total. The summed E-state index contributed by atoms with van der Waals surface area (Å²) in [7, 11) is 0. The maximum Gasteiger partial charge on any atom is 0.309 e. The van der Waals surface area contributed by atoms with Gasteiger partial charge in [0.1, 0.15) is 11.6 Å². The number of carbonyl (C=O) groups excluding carboxylic acids is 1. The summed E-state index contributed by atoms with van der Waals surface area (Å²) in [5, 5.41) is 1.03. The van der Waals surface area contributed by atoms with Gasteiger partial charge in [-0.1, -0.05) is 54.6 Å². The largest absolute Gasteiger partial charge is 0.493 e. The fourth-order valence-corrected chi connectivity index (χ4v) is 4.80. The number of hydrogen-bond acceptors (Lipinski definition) is 6. The molecule has 0 saturated carbocycles. The molecule has 1 aliphatic rings. The highest BCUT2D eigenvalue weighted by molar-refractivity contribution is 5.91. The SMILES string of the molecule is CCOC(=O)C1CCN(c2nc(-c3ccc(-c4ccccc4OCC)cc3)nc3ccccc23)CC1. The van der Waals surface area contributed by atoms with Crippen LogP contribution in [0.3, 0.4) is 0 Å². The smallest absolute Gasteiger partial charge is 0.309 e. The molecule has 2 heterocycles. The van der Waals surface area contributed by atoms with Gasteiger partial charge in [-0.2, -0.15) is 0 Å². The number of hydrogen-bond donors (Lipinski definition) is 0. The normalized spacial score (nSPS) is 14.1. The highest BCUT2D eigenvalue weighted by Gasteiger charge is 2.27. The van der Waals surface area contributed by atoms with Gasteiger partial charge in [-0.05, 0) is 50.5 Å². The van der Waals surface area contributed by atoms with E-state index in [0.717, 1.165) is 65.1 Å². The molecule has 0 amide bonds. The second-order valence-corrected chi connectivity index (χ2v) is 8.91. The van der Waals surface area contributed by atoms with Crippen LogP contribution in [0.2, 0.25) is 0 Å². The number of rotatable bonds is 7. The van der Waals surface area contributed by atoms with Crippen molar-refractivity contribution in [3.05, 3.63) is 72.8 Å². The Bertz CT molecular complexity index is 1350. The Labute approximate surface area is 211 Å². The monoisotopic (exact) mass is 481 g/mol. The molecule has 0 bridgehead atoms. The predicted molar refractivity (Wildman–Crippen MR) is 143 cm³/mol. The summed E-state index contributed by atoms with van der Waals surface area (Å²) >= 11 is 0. The number of nitrogens with zero attached hydrogens (tertiary/aromatic N) is 3.